The SMILES string of the molecule is CN(C)C(=O)CCSC(SCCC(=O)O)c1cccc(C=O)c1. The number of aldehydes is 1. The van der Waals surface area contributed by atoms with Gasteiger partial charge in [-0.3, -0.25) is 14.4 Å². The van der Waals surface area contributed by atoms with Crippen molar-refractivity contribution in [2.75, 3.05) is 25.6 Å². The molecule has 126 valence electrons. The second-order valence-corrected chi connectivity index (χ2v) is 7.77. The second kappa shape index (κ2) is 10.3. The fourth-order valence-electron chi connectivity index (χ4n) is 1.75. The van der Waals surface area contributed by atoms with E-state index in [2.05, 4.69) is 0 Å². The second-order valence-electron chi connectivity index (χ2n) is 5.04. The van der Waals surface area contributed by atoms with Crippen LogP contribution in [0, 0.1) is 0 Å². The molecule has 23 heavy (non-hydrogen) atoms. The molecule has 0 heterocycles. The standard InChI is InChI=1S/C16H21NO4S2/c1-17(2)14(19)6-8-22-16(23-9-7-15(20)21)13-5-3-4-12(10-13)11-18/h3-5,10-11,16H,6-9H2,1-2H3,(H,20,21). The molecular formula is C16H21NO4S2. The summed E-state index contributed by atoms with van der Waals surface area (Å²) in [5, 5.41) is 8.77. The van der Waals surface area contributed by atoms with Crippen LogP contribution in [0.5, 0.6) is 0 Å². The van der Waals surface area contributed by atoms with Gasteiger partial charge in [-0.05, 0) is 11.6 Å². The molecule has 0 radical (unpaired) electrons. The zero-order valence-electron chi connectivity index (χ0n) is 13.2. The first-order valence-electron chi connectivity index (χ1n) is 7.14. The Bertz CT molecular complexity index is 549. The van der Waals surface area contributed by atoms with Gasteiger partial charge in [-0.15, -0.1) is 23.5 Å². The van der Waals surface area contributed by atoms with Crippen molar-refractivity contribution in [2.45, 2.75) is 17.4 Å². The molecule has 0 saturated heterocycles. The van der Waals surface area contributed by atoms with Crippen LogP contribution in [0.3, 0.4) is 0 Å². The Hall–Kier alpha value is -1.47. The minimum atomic E-state index is -0.828. The molecule has 1 aromatic rings. The molecule has 0 saturated carbocycles. The number of amides is 1. The number of hydrogen-bond donors (Lipinski definition) is 1. The number of benzene rings is 1. The molecule has 0 fully saturated rings. The molecule has 0 bridgehead atoms. The number of aliphatic carboxylic acids is 1. The Kier molecular flexibility index (Phi) is 8.79. The third-order valence-corrected chi connectivity index (χ3v) is 5.83. The number of carboxylic acids is 1. The molecule has 0 aliphatic carbocycles. The minimum Gasteiger partial charge on any atom is -0.481 e. The van der Waals surface area contributed by atoms with Gasteiger partial charge in [-0.2, -0.15) is 0 Å². The Labute approximate surface area is 144 Å². The topological polar surface area (TPSA) is 74.7 Å². The van der Waals surface area contributed by atoms with E-state index in [0.29, 0.717) is 23.5 Å². The molecule has 1 amide bonds. The molecule has 0 aliphatic heterocycles. The van der Waals surface area contributed by atoms with Gasteiger partial charge in [0.05, 0.1) is 11.0 Å². The number of carbonyl (C=O) groups excluding carboxylic acids is 2. The van der Waals surface area contributed by atoms with Crippen molar-refractivity contribution in [1.29, 1.82) is 0 Å². The van der Waals surface area contributed by atoms with Gasteiger partial charge in [-0.25, -0.2) is 0 Å². The quantitative estimate of drug-likeness (QED) is 0.514. The summed E-state index contributed by atoms with van der Waals surface area (Å²) in [7, 11) is 3.44. The lowest BCUT2D eigenvalue weighted by Crippen LogP contribution is -2.21. The van der Waals surface area contributed by atoms with E-state index in [4.69, 9.17) is 5.11 Å². The smallest absolute Gasteiger partial charge is 0.304 e. The van der Waals surface area contributed by atoms with E-state index in [0.717, 1.165) is 11.8 Å². The zero-order valence-corrected chi connectivity index (χ0v) is 14.9. The maximum Gasteiger partial charge on any atom is 0.304 e. The van der Waals surface area contributed by atoms with Gasteiger partial charge in [0.15, 0.2) is 0 Å². The minimum absolute atomic E-state index is 0.00390. The van der Waals surface area contributed by atoms with Crippen LogP contribution in [0.25, 0.3) is 0 Å². The molecule has 0 aromatic heterocycles. The predicted octanol–water partition coefficient (Wildman–Crippen LogP) is 2.92. The number of carboxylic acid groups (broad SMARTS) is 1. The molecule has 1 rings (SSSR count). The molecule has 5 nitrogen and oxygen atoms in total. The average molecular weight is 355 g/mol. The number of nitrogens with zero attached hydrogens (tertiary/aromatic N) is 1. The van der Waals surface area contributed by atoms with Crippen molar-refractivity contribution in [3.63, 3.8) is 0 Å². The van der Waals surface area contributed by atoms with E-state index >= 15 is 0 Å². The Morgan fingerprint density at radius 3 is 2.43 bits per heavy atom. The summed E-state index contributed by atoms with van der Waals surface area (Å²) in [6.45, 7) is 0. The summed E-state index contributed by atoms with van der Waals surface area (Å²) in [6.07, 6.45) is 1.31. The number of hydrogen-bond acceptors (Lipinski definition) is 5. The highest BCUT2D eigenvalue weighted by Gasteiger charge is 2.15. The average Bonchev–Trinajstić information content (AvgIpc) is 2.52. The lowest BCUT2D eigenvalue weighted by molar-refractivity contribution is -0.136. The summed E-state index contributed by atoms with van der Waals surface area (Å²) in [5.74, 6) is 0.367. The zero-order chi connectivity index (χ0) is 17.2. The highest BCUT2D eigenvalue weighted by molar-refractivity contribution is 8.16. The van der Waals surface area contributed by atoms with Crippen LogP contribution in [0.1, 0.15) is 33.3 Å². The van der Waals surface area contributed by atoms with Crippen molar-refractivity contribution >= 4 is 41.7 Å². The first-order valence-corrected chi connectivity index (χ1v) is 9.24. The van der Waals surface area contributed by atoms with Crippen LogP contribution in [0.15, 0.2) is 24.3 Å². The van der Waals surface area contributed by atoms with Gasteiger partial charge in [0.2, 0.25) is 5.91 Å². The molecular weight excluding hydrogens is 334 g/mol. The van der Waals surface area contributed by atoms with E-state index in [1.54, 1.807) is 36.8 Å². The fourth-order valence-corrected chi connectivity index (χ4v) is 4.40. The van der Waals surface area contributed by atoms with Gasteiger partial charge in [0.25, 0.3) is 0 Å². The third kappa shape index (κ3) is 7.56. The third-order valence-electron chi connectivity index (χ3n) is 2.99. The lowest BCUT2D eigenvalue weighted by atomic mass is 10.2. The van der Waals surface area contributed by atoms with Crippen LogP contribution in [0.4, 0.5) is 0 Å². The molecule has 0 spiro atoms. The Morgan fingerprint density at radius 1 is 1.22 bits per heavy atom. The van der Waals surface area contributed by atoms with Crippen molar-refractivity contribution in [3.05, 3.63) is 35.4 Å². The first-order chi connectivity index (χ1) is 10.9. The molecule has 1 N–H and O–H groups in total. The maximum absolute atomic E-state index is 11.6. The molecule has 1 unspecified atom stereocenters. The van der Waals surface area contributed by atoms with Crippen LogP contribution in [-0.2, 0) is 9.59 Å². The number of thioether (sulfide) groups is 2. The molecule has 1 atom stereocenters. The Balaban J connectivity index is 2.69. The highest BCUT2D eigenvalue weighted by atomic mass is 32.2. The van der Waals surface area contributed by atoms with Gasteiger partial charge in [-0.1, -0.05) is 18.2 Å². The monoisotopic (exact) mass is 355 g/mol. The van der Waals surface area contributed by atoms with E-state index in [1.165, 1.54) is 11.8 Å². The summed E-state index contributed by atoms with van der Waals surface area (Å²) < 4.78 is 0.00390. The predicted molar refractivity (Wildman–Crippen MR) is 95.1 cm³/mol. The van der Waals surface area contributed by atoms with E-state index < -0.39 is 5.97 Å². The molecule has 1 aromatic carbocycles. The van der Waals surface area contributed by atoms with Gasteiger partial charge >= 0.3 is 5.97 Å². The van der Waals surface area contributed by atoms with Gasteiger partial charge in [0, 0.05) is 37.6 Å². The van der Waals surface area contributed by atoms with Gasteiger partial charge < -0.3 is 10.0 Å². The summed E-state index contributed by atoms with van der Waals surface area (Å²) >= 11 is 3.12. The van der Waals surface area contributed by atoms with E-state index in [-0.39, 0.29) is 16.9 Å². The summed E-state index contributed by atoms with van der Waals surface area (Å²) in [4.78, 5) is 34.8. The lowest BCUT2D eigenvalue weighted by Gasteiger charge is -2.17. The van der Waals surface area contributed by atoms with Crippen LogP contribution in [0.2, 0.25) is 0 Å². The van der Waals surface area contributed by atoms with Crippen molar-refractivity contribution < 1.29 is 19.5 Å². The molecule has 7 heteroatoms. The van der Waals surface area contributed by atoms with E-state index in [1.807, 2.05) is 18.2 Å². The van der Waals surface area contributed by atoms with Gasteiger partial charge in [0.1, 0.15) is 6.29 Å². The fraction of sp³-hybridized carbons (Fsp3) is 0.438. The van der Waals surface area contributed by atoms with Crippen molar-refractivity contribution in [1.82, 2.24) is 4.90 Å². The van der Waals surface area contributed by atoms with Crippen LogP contribution >= 0.6 is 23.5 Å². The first kappa shape index (κ1) is 19.6. The normalized spacial score (nSPS) is 11.7. The highest BCUT2D eigenvalue weighted by Crippen LogP contribution is 2.40. The van der Waals surface area contributed by atoms with Crippen molar-refractivity contribution in [3.8, 4) is 0 Å². The largest absolute Gasteiger partial charge is 0.481 e. The Morgan fingerprint density at radius 2 is 1.87 bits per heavy atom. The maximum atomic E-state index is 11.6. The van der Waals surface area contributed by atoms with Crippen LogP contribution in [-0.4, -0.2) is 53.8 Å². The van der Waals surface area contributed by atoms with Crippen LogP contribution < -0.4 is 0 Å². The summed E-state index contributed by atoms with van der Waals surface area (Å²) in [5.41, 5.74) is 1.56. The summed E-state index contributed by atoms with van der Waals surface area (Å²) in [6, 6.07) is 7.28. The van der Waals surface area contributed by atoms with E-state index in [9.17, 15) is 14.4 Å². The molecule has 0 aliphatic rings. The number of carbonyl (C=O) groups is 3. The number of rotatable bonds is 10. The van der Waals surface area contributed by atoms with Crippen molar-refractivity contribution in [2.24, 2.45) is 0 Å².